The molecule has 1 saturated heterocycles. The predicted octanol–water partition coefficient (Wildman–Crippen LogP) is 1.63. The van der Waals surface area contributed by atoms with Crippen LogP contribution in [0.2, 0.25) is 0 Å². The number of aliphatic carboxylic acids is 1. The summed E-state index contributed by atoms with van der Waals surface area (Å²) in [6, 6.07) is -0.0454. The molecule has 6 heteroatoms. The number of likely N-dealkylation sites (tertiary alicyclic amines) is 1. The van der Waals surface area contributed by atoms with Crippen molar-refractivity contribution in [3.05, 3.63) is 0 Å². The summed E-state index contributed by atoms with van der Waals surface area (Å²) in [5, 5.41) is 12.1. The second-order valence-electron chi connectivity index (χ2n) is 5.70. The van der Waals surface area contributed by atoms with Gasteiger partial charge in [0.05, 0.1) is 5.92 Å². The minimum atomic E-state index is -0.744. The normalized spacial score (nSPS) is 28.8. The van der Waals surface area contributed by atoms with Crippen molar-refractivity contribution >= 4 is 23.8 Å². The summed E-state index contributed by atoms with van der Waals surface area (Å²) < 4.78 is 0.265. The van der Waals surface area contributed by atoms with E-state index in [1.807, 2.05) is 18.7 Å². The molecule has 2 atom stereocenters. The van der Waals surface area contributed by atoms with Gasteiger partial charge in [-0.1, -0.05) is 6.92 Å². The van der Waals surface area contributed by atoms with Crippen molar-refractivity contribution in [3.8, 4) is 0 Å². The molecule has 0 aromatic carbocycles. The number of rotatable bonds is 4. The Morgan fingerprint density at radius 3 is 2.63 bits per heavy atom. The van der Waals surface area contributed by atoms with Crippen LogP contribution < -0.4 is 5.32 Å². The monoisotopic (exact) mass is 286 g/mol. The van der Waals surface area contributed by atoms with Crippen molar-refractivity contribution in [2.75, 3.05) is 25.9 Å². The van der Waals surface area contributed by atoms with Crippen molar-refractivity contribution in [2.45, 2.75) is 30.9 Å². The smallest absolute Gasteiger partial charge is 0.317 e. The highest BCUT2D eigenvalue weighted by molar-refractivity contribution is 8.00. The molecule has 2 N–H and O–H groups in total. The first-order chi connectivity index (χ1) is 8.97. The number of carboxylic acid groups (broad SMARTS) is 1. The molecule has 1 aliphatic carbocycles. The Kier molecular flexibility index (Phi) is 4.28. The second-order valence-corrected chi connectivity index (χ2v) is 6.98. The first-order valence-corrected chi connectivity index (χ1v) is 8.01. The fraction of sp³-hybridized carbons (Fsp3) is 0.846. The molecule has 0 spiro atoms. The number of amides is 2. The maximum atomic E-state index is 12.1. The van der Waals surface area contributed by atoms with Crippen LogP contribution in [0, 0.1) is 11.8 Å². The zero-order valence-corrected chi connectivity index (χ0v) is 12.3. The van der Waals surface area contributed by atoms with Gasteiger partial charge in [0.15, 0.2) is 0 Å². The van der Waals surface area contributed by atoms with Gasteiger partial charge in [-0.15, -0.1) is 0 Å². The highest BCUT2D eigenvalue weighted by atomic mass is 32.2. The zero-order valence-electron chi connectivity index (χ0n) is 11.5. The molecule has 2 amide bonds. The third kappa shape index (κ3) is 3.35. The van der Waals surface area contributed by atoms with Crippen LogP contribution in [0.4, 0.5) is 4.79 Å². The Morgan fingerprint density at radius 2 is 2.16 bits per heavy atom. The average Bonchev–Trinajstić information content (AvgIpc) is 3.16. The lowest BCUT2D eigenvalue weighted by Crippen LogP contribution is -2.50. The van der Waals surface area contributed by atoms with E-state index in [-0.39, 0.29) is 22.6 Å². The lowest BCUT2D eigenvalue weighted by atomic mass is 9.87. The first-order valence-electron chi connectivity index (χ1n) is 6.78. The molecule has 0 bridgehead atoms. The molecule has 0 aromatic rings. The van der Waals surface area contributed by atoms with Crippen LogP contribution in [0.15, 0.2) is 0 Å². The largest absolute Gasteiger partial charge is 0.481 e. The van der Waals surface area contributed by atoms with Crippen LogP contribution >= 0.6 is 11.8 Å². The SMILES string of the molecule is CSC1(CNC(=O)N2CCC(C(=O)O)C(C)C2)CC1. The third-order valence-corrected chi connectivity index (χ3v) is 5.73. The fourth-order valence-electron chi connectivity index (χ4n) is 2.64. The standard InChI is InChI=1S/C13H22N2O3S/c1-9-7-15(6-3-10(9)11(16)17)12(18)14-8-13(19-2)4-5-13/h9-10H,3-8H2,1-2H3,(H,14,18)(H,16,17). The number of urea groups is 1. The molecule has 1 saturated carbocycles. The quantitative estimate of drug-likeness (QED) is 0.824. The predicted molar refractivity (Wildman–Crippen MR) is 75.4 cm³/mol. The number of nitrogens with one attached hydrogen (secondary N) is 1. The number of nitrogens with zero attached hydrogens (tertiary/aromatic N) is 1. The van der Waals surface area contributed by atoms with Gasteiger partial charge < -0.3 is 15.3 Å². The van der Waals surface area contributed by atoms with Crippen LogP contribution in [0.3, 0.4) is 0 Å². The van der Waals surface area contributed by atoms with E-state index >= 15 is 0 Å². The molecule has 0 radical (unpaired) electrons. The summed E-state index contributed by atoms with van der Waals surface area (Å²) in [6.07, 6.45) is 4.98. The van der Waals surface area contributed by atoms with Gasteiger partial charge in [-0.2, -0.15) is 11.8 Å². The van der Waals surface area contributed by atoms with E-state index in [1.165, 1.54) is 12.8 Å². The van der Waals surface area contributed by atoms with Crippen molar-refractivity contribution in [1.82, 2.24) is 10.2 Å². The molecule has 1 heterocycles. The van der Waals surface area contributed by atoms with Crippen LogP contribution in [0.1, 0.15) is 26.2 Å². The Morgan fingerprint density at radius 1 is 1.47 bits per heavy atom. The van der Waals surface area contributed by atoms with E-state index in [4.69, 9.17) is 5.11 Å². The molecule has 108 valence electrons. The molecule has 2 aliphatic rings. The molecular weight excluding hydrogens is 264 g/mol. The van der Waals surface area contributed by atoms with Crippen LogP contribution in [0.25, 0.3) is 0 Å². The van der Waals surface area contributed by atoms with Crippen molar-refractivity contribution < 1.29 is 14.7 Å². The Bertz CT molecular complexity index is 371. The van der Waals surface area contributed by atoms with Gasteiger partial charge in [-0.25, -0.2) is 4.79 Å². The highest BCUT2D eigenvalue weighted by Crippen LogP contribution is 2.46. The summed E-state index contributed by atoms with van der Waals surface area (Å²) in [7, 11) is 0. The van der Waals surface area contributed by atoms with Crippen molar-refractivity contribution in [3.63, 3.8) is 0 Å². The summed E-state index contributed by atoms with van der Waals surface area (Å²) in [4.78, 5) is 24.8. The fourth-order valence-corrected chi connectivity index (χ4v) is 3.36. The van der Waals surface area contributed by atoms with Crippen molar-refractivity contribution in [2.24, 2.45) is 11.8 Å². The Hall–Kier alpha value is -0.910. The molecule has 2 fully saturated rings. The van der Waals surface area contributed by atoms with E-state index in [1.54, 1.807) is 4.90 Å². The van der Waals surface area contributed by atoms with Crippen molar-refractivity contribution in [1.29, 1.82) is 0 Å². The number of carboxylic acids is 1. The van der Waals surface area contributed by atoms with Gasteiger partial charge in [0, 0.05) is 24.4 Å². The van der Waals surface area contributed by atoms with Gasteiger partial charge in [-0.3, -0.25) is 4.79 Å². The van der Waals surface area contributed by atoms with E-state index in [9.17, 15) is 9.59 Å². The molecular formula is C13H22N2O3S. The number of thioether (sulfide) groups is 1. The topological polar surface area (TPSA) is 69.6 Å². The summed E-state index contributed by atoms with van der Waals surface area (Å²) in [6.45, 7) is 3.71. The summed E-state index contributed by atoms with van der Waals surface area (Å²) >= 11 is 1.82. The van der Waals surface area contributed by atoms with E-state index in [2.05, 4.69) is 11.6 Å². The highest BCUT2D eigenvalue weighted by Gasteiger charge is 2.42. The average molecular weight is 286 g/mol. The number of hydrogen-bond donors (Lipinski definition) is 2. The van der Waals surface area contributed by atoms with E-state index in [0.717, 1.165) is 6.54 Å². The molecule has 1 aliphatic heterocycles. The number of carbonyl (C=O) groups is 2. The second kappa shape index (κ2) is 5.61. The maximum Gasteiger partial charge on any atom is 0.317 e. The summed E-state index contributed by atoms with van der Waals surface area (Å²) in [5.74, 6) is -1.04. The van der Waals surface area contributed by atoms with E-state index in [0.29, 0.717) is 19.5 Å². The first kappa shape index (κ1) is 14.5. The summed E-state index contributed by atoms with van der Waals surface area (Å²) in [5.41, 5.74) is 0. The van der Waals surface area contributed by atoms with E-state index < -0.39 is 5.97 Å². The zero-order chi connectivity index (χ0) is 14.0. The number of hydrogen-bond acceptors (Lipinski definition) is 3. The third-order valence-electron chi connectivity index (χ3n) is 4.31. The maximum absolute atomic E-state index is 12.1. The number of carbonyl (C=O) groups excluding carboxylic acids is 1. The minimum Gasteiger partial charge on any atom is -0.481 e. The molecule has 5 nitrogen and oxygen atoms in total. The Labute approximate surface area is 118 Å². The van der Waals surface area contributed by atoms with Crippen LogP contribution in [0.5, 0.6) is 0 Å². The van der Waals surface area contributed by atoms with Gasteiger partial charge in [-0.05, 0) is 31.4 Å². The lowest BCUT2D eigenvalue weighted by molar-refractivity contribution is -0.145. The van der Waals surface area contributed by atoms with Gasteiger partial charge in [0.2, 0.25) is 0 Å². The number of piperidine rings is 1. The van der Waals surface area contributed by atoms with Crippen LogP contribution in [-0.4, -0.2) is 52.6 Å². The minimum absolute atomic E-state index is 0.0208. The molecule has 19 heavy (non-hydrogen) atoms. The Balaban J connectivity index is 1.79. The molecule has 2 rings (SSSR count). The lowest BCUT2D eigenvalue weighted by Gasteiger charge is -2.35. The van der Waals surface area contributed by atoms with Crippen LogP contribution in [-0.2, 0) is 4.79 Å². The van der Waals surface area contributed by atoms with Gasteiger partial charge >= 0.3 is 12.0 Å². The molecule has 2 unspecified atom stereocenters. The van der Waals surface area contributed by atoms with Gasteiger partial charge in [0.1, 0.15) is 0 Å². The van der Waals surface area contributed by atoms with Gasteiger partial charge in [0.25, 0.3) is 0 Å². The molecule has 0 aromatic heterocycles.